The van der Waals surface area contributed by atoms with Gasteiger partial charge < -0.3 is 9.73 Å². The molecular weight excluding hydrogens is 340 g/mol. The Morgan fingerprint density at radius 3 is 2.58 bits per heavy atom. The Bertz CT molecular complexity index is 744. The normalized spacial score (nSPS) is 11.6. The summed E-state index contributed by atoms with van der Waals surface area (Å²) in [6.07, 6.45) is 1.32. The van der Waals surface area contributed by atoms with Gasteiger partial charge in [-0.15, -0.1) is 0 Å². The van der Waals surface area contributed by atoms with Crippen LogP contribution in [0.2, 0.25) is 0 Å². The van der Waals surface area contributed by atoms with Gasteiger partial charge >= 0.3 is 0 Å². The molecule has 0 saturated carbocycles. The average Bonchev–Trinajstić information content (AvgIpc) is 3.02. The zero-order chi connectivity index (χ0) is 19.3. The largest absolute Gasteiger partial charge is 0.447 e. The van der Waals surface area contributed by atoms with Gasteiger partial charge in [0.05, 0.1) is 6.54 Å². The van der Waals surface area contributed by atoms with Gasteiger partial charge in [-0.1, -0.05) is 19.9 Å². The van der Waals surface area contributed by atoms with Crippen LogP contribution < -0.4 is 5.32 Å². The fraction of sp³-hybridized carbons (Fsp3) is 0.474. The summed E-state index contributed by atoms with van der Waals surface area (Å²) in [4.78, 5) is 18.2. The lowest BCUT2D eigenvalue weighted by atomic mass is 10.1. The van der Waals surface area contributed by atoms with Gasteiger partial charge in [-0.2, -0.15) is 0 Å². The van der Waals surface area contributed by atoms with E-state index in [1.807, 2.05) is 32.6 Å². The monoisotopic (exact) mass is 365 g/mol. The summed E-state index contributed by atoms with van der Waals surface area (Å²) in [5.41, 5.74) is 0.610. The Kier molecular flexibility index (Phi) is 6.85. The van der Waals surface area contributed by atoms with Crippen LogP contribution >= 0.6 is 0 Å². The number of nitrogens with one attached hydrogen (secondary N) is 1. The van der Waals surface area contributed by atoms with Gasteiger partial charge in [0, 0.05) is 30.8 Å². The van der Waals surface area contributed by atoms with Crippen LogP contribution in [0.3, 0.4) is 0 Å². The molecule has 0 aliphatic heterocycles. The van der Waals surface area contributed by atoms with Gasteiger partial charge in [0.2, 0.25) is 5.89 Å². The van der Waals surface area contributed by atoms with Crippen molar-refractivity contribution in [1.82, 2.24) is 15.2 Å². The first kappa shape index (κ1) is 20.0. The highest BCUT2D eigenvalue weighted by atomic mass is 19.1. The molecule has 142 valence electrons. The number of oxazole rings is 1. The molecule has 0 radical (unpaired) electrons. The first-order chi connectivity index (χ1) is 12.3. The van der Waals surface area contributed by atoms with Gasteiger partial charge in [-0.25, -0.2) is 13.8 Å². The Labute approximate surface area is 152 Å². The maximum absolute atomic E-state index is 13.9. The van der Waals surface area contributed by atoms with Crippen LogP contribution in [-0.2, 0) is 13.1 Å². The van der Waals surface area contributed by atoms with Crippen molar-refractivity contribution in [2.24, 2.45) is 5.92 Å². The Hall–Kier alpha value is -2.28. The minimum atomic E-state index is -0.605. The summed E-state index contributed by atoms with van der Waals surface area (Å²) in [6, 6.07) is 3.61. The third-order valence-electron chi connectivity index (χ3n) is 3.91. The van der Waals surface area contributed by atoms with Crippen molar-refractivity contribution in [2.45, 2.75) is 46.8 Å². The molecule has 2 rings (SSSR count). The summed E-state index contributed by atoms with van der Waals surface area (Å²) < 4.78 is 32.4. The molecule has 1 amide bonds. The third kappa shape index (κ3) is 5.62. The molecule has 7 heteroatoms. The highest BCUT2D eigenvalue weighted by Crippen LogP contribution is 2.16. The molecule has 26 heavy (non-hydrogen) atoms. The molecule has 0 saturated heterocycles. The molecule has 1 N–H and O–H groups in total. The Morgan fingerprint density at radius 2 is 1.96 bits per heavy atom. The first-order valence-electron chi connectivity index (χ1n) is 8.66. The molecular formula is C19H25F2N3O2. The lowest BCUT2D eigenvalue weighted by Gasteiger charge is -2.25. The standard InChI is InChI=1S/C19H25F2N3O2/c1-12(2)8-22-19(25)17-11-26-18(23-17)10-24(13(3)4)9-14-5-6-15(20)7-16(14)21/h5-7,11-13H,8-10H2,1-4H3,(H,22,25). The SMILES string of the molecule is CC(C)CNC(=O)c1coc(CN(Cc2ccc(F)cc2F)C(C)C)n1. The van der Waals surface area contributed by atoms with Crippen molar-refractivity contribution in [3.63, 3.8) is 0 Å². The van der Waals surface area contributed by atoms with E-state index >= 15 is 0 Å². The zero-order valence-electron chi connectivity index (χ0n) is 15.6. The molecule has 0 aliphatic carbocycles. The highest BCUT2D eigenvalue weighted by Gasteiger charge is 2.18. The third-order valence-corrected chi connectivity index (χ3v) is 3.91. The number of benzene rings is 1. The lowest BCUT2D eigenvalue weighted by Crippen LogP contribution is -2.30. The summed E-state index contributed by atoms with van der Waals surface area (Å²) in [6.45, 7) is 9.07. The molecule has 1 aromatic heterocycles. The van der Waals surface area contributed by atoms with Crippen LogP contribution in [-0.4, -0.2) is 28.4 Å². The quantitative estimate of drug-likeness (QED) is 0.774. The average molecular weight is 365 g/mol. The molecule has 0 aliphatic rings. The van der Waals surface area contributed by atoms with Crippen LogP contribution in [0.1, 0.15) is 49.6 Å². The van der Waals surface area contributed by atoms with E-state index in [-0.39, 0.29) is 24.2 Å². The topological polar surface area (TPSA) is 58.4 Å². The second kappa shape index (κ2) is 8.89. The van der Waals surface area contributed by atoms with E-state index in [4.69, 9.17) is 4.42 Å². The second-order valence-electron chi connectivity index (χ2n) is 6.96. The smallest absolute Gasteiger partial charge is 0.273 e. The molecule has 1 aromatic carbocycles. The molecule has 1 heterocycles. The number of aromatic nitrogens is 1. The molecule has 5 nitrogen and oxygen atoms in total. The van der Waals surface area contributed by atoms with E-state index < -0.39 is 11.6 Å². The van der Waals surface area contributed by atoms with Gasteiger partial charge in [-0.3, -0.25) is 9.69 Å². The van der Waals surface area contributed by atoms with Gasteiger partial charge in [0.15, 0.2) is 5.69 Å². The fourth-order valence-electron chi connectivity index (χ4n) is 2.34. The van der Waals surface area contributed by atoms with Crippen molar-refractivity contribution in [2.75, 3.05) is 6.54 Å². The van der Waals surface area contributed by atoms with E-state index in [9.17, 15) is 13.6 Å². The highest BCUT2D eigenvalue weighted by molar-refractivity contribution is 5.91. The number of nitrogens with zero attached hydrogens (tertiary/aromatic N) is 2. The molecule has 0 bridgehead atoms. The van der Waals surface area contributed by atoms with Crippen molar-refractivity contribution in [1.29, 1.82) is 0 Å². The minimum absolute atomic E-state index is 0.0737. The van der Waals surface area contributed by atoms with Crippen molar-refractivity contribution >= 4 is 5.91 Å². The van der Waals surface area contributed by atoms with E-state index in [0.717, 1.165) is 6.07 Å². The number of halogens is 2. The van der Waals surface area contributed by atoms with Gasteiger partial charge in [-0.05, 0) is 25.8 Å². The van der Waals surface area contributed by atoms with Crippen LogP contribution in [0.25, 0.3) is 0 Å². The predicted octanol–water partition coefficient (Wildman–Crippen LogP) is 3.75. The number of carbonyl (C=O) groups excluding carboxylic acids is 1. The molecule has 0 fully saturated rings. The number of rotatable bonds is 8. The molecule has 2 aromatic rings. The van der Waals surface area contributed by atoms with Crippen LogP contribution in [0.15, 0.2) is 28.9 Å². The second-order valence-corrected chi connectivity index (χ2v) is 6.96. The van der Waals surface area contributed by atoms with Gasteiger partial charge in [0.1, 0.15) is 17.9 Å². The molecule has 0 atom stereocenters. The number of hydrogen-bond acceptors (Lipinski definition) is 4. The fourth-order valence-corrected chi connectivity index (χ4v) is 2.34. The van der Waals surface area contributed by atoms with E-state index in [0.29, 0.717) is 30.5 Å². The first-order valence-corrected chi connectivity index (χ1v) is 8.66. The summed E-state index contributed by atoms with van der Waals surface area (Å²) in [5, 5.41) is 2.78. The summed E-state index contributed by atoms with van der Waals surface area (Å²) in [5.74, 6) is -0.762. The Balaban J connectivity index is 2.05. The number of hydrogen-bond donors (Lipinski definition) is 1. The van der Waals surface area contributed by atoms with E-state index in [1.54, 1.807) is 0 Å². The van der Waals surface area contributed by atoms with Crippen LogP contribution in [0, 0.1) is 17.6 Å². The predicted molar refractivity (Wildman–Crippen MR) is 94.4 cm³/mol. The van der Waals surface area contributed by atoms with Crippen LogP contribution in [0.4, 0.5) is 8.78 Å². The van der Waals surface area contributed by atoms with E-state index in [1.165, 1.54) is 18.4 Å². The molecule has 0 unspecified atom stereocenters. The summed E-state index contributed by atoms with van der Waals surface area (Å²) in [7, 11) is 0. The number of amides is 1. The maximum atomic E-state index is 13.9. The van der Waals surface area contributed by atoms with Crippen LogP contribution in [0.5, 0.6) is 0 Å². The van der Waals surface area contributed by atoms with E-state index in [2.05, 4.69) is 10.3 Å². The zero-order valence-corrected chi connectivity index (χ0v) is 15.6. The van der Waals surface area contributed by atoms with Crippen molar-refractivity contribution in [3.8, 4) is 0 Å². The van der Waals surface area contributed by atoms with Crippen molar-refractivity contribution < 1.29 is 18.0 Å². The maximum Gasteiger partial charge on any atom is 0.273 e. The molecule has 0 spiro atoms. The minimum Gasteiger partial charge on any atom is -0.447 e. The summed E-state index contributed by atoms with van der Waals surface area (Å²) >= 11 is 0. The van der Waals surface area contributed by atoms with Crippen molar-refractivity contribution in [3.05, 3.63) is 53.2 Å². The number of carbonyl (C=O) groups is 1. The Morgan fingerprint density at radius 1 is 1.23 bits per heavy atom. The lowest BCUT2D eigenvalue weighted by molar-refractivity contribution is 0.0944. The van der Waals surface area contributed by atoms with Gasteiger partial charge in [0.25, 0.3) is 5.91 Å².